The van der Waals surface area contributed by atoms with Crippen LogP contribution >= 0.6 is 0 Å². The largest absolute Gasteiger partial charge is 0.397 e. The number of likely N-dealkylation sites (tertiary alicyclic amines) is 1. The van der Waals surface area contributed by atoms with Crippen LogP contribution in [0.1, 0.15) is 38.5 Å². The van der Waals surface area contributed by atoms with Gasteiger partial charge in [0.2, 0.25) is 5.91 Å². The summed E-state index contributed by atoms with van der Waals surface area (Å²) in [6.07, 6.45) is -0.147. The maximum atomic E-state index is 12.1. The number of carbonyl (C=O) groups is 1. The van der Waals surface area contributed by atoms with Crippen LogP contribution in [0.25, 0.3) is 0 Å². The standard InChI is InChI=1S/C12H18F3NO/c13-12(14,15)7-11(17)16-6-5-9-3-1-2-4-10(9)8-16/h9-10H,1-8H2/t9-,10-/m1/s1. The zero-order valence-corrected chi connectivity index (χ0v) is 9.80. The van der Waals surface area contributed by atoms with Crippen LogP contribution in [-0.4, -0.2) is 30.1 Å². The summed E-state index contributed by atoms with van der Waals surface area (Å²) in [5.41, 5.74) is 0. The van der Waals surface area contributed by atoms with E-state index in [0.29, 0.717) is 24.9 Å². The number of amides is 1. The van der Waals surface area contributed by atoms with E-state index in [2.05, 4.69) is 0 Å². The van der Waals surface area contributed by atoms with E-state index in [4.69, 9.17) is 0 Å². The molecule has 2 atom stereocenters. The van der Waals surface area contributed by atoms with Crippen LogP contribution in [0.15, 0.2) is 0 Å². The number of alkyl halides is 3. The predicted octanol–water partition coefficient (Wildman–Crippen LogP) is 2.98. The normalized spacial score (nSPS) is 29.9. The fraction of sp³-hybridized carbons (Fsp3) is 0.917. The summed E-state index contributed by atoms with van der Waals surface area (Å²) in [5, 5.41) is 0. The second-order valence-electron chi connectivity index (χ2n) is 5.22. The van der Waals surface area contributed by atoms with Gasteiger partial charge in [-0.05, 0) is 24.7 Å². The van der Waals surface area contributed by atoms with E-state index in [1.807, 2.05) is 0 Å². The molecule has 0 radical (unpaired) electrons. The molecule has 0 aromatic rings. The number of carbonyl (C=O) groups excluding carboxylic acids is 1. The Kier molecular flexibility index (Phi) is 3.64. The molecule has 1 heterocycles. The summed E-state index contributed by atoms with van der Waals surface area (Å²) in [7, 11) is 0. The third-order valence-corrected chi connectivity index (χ3v) is 4.00. The summed E-state index contributed by atoms with van der Waals surface area (Å²) >= 11 is 0. The highest BCUT2D eigenvalue weighted by Crippen LogP contribution is 2.36. The quantitative estimate of drug-likeness (QED) is 0.699. The van der Waals surface area contributed by atoms with Crippen molar-refractivity contribution >= 4 is 5.91 Å². The van der Waals surface area contributed by atoms with Crippen molar-refractivity contribution in [2.45, 2.75) is 44.7 Å². The fourth-order valence-corrected chi connectivity index (χ4v) is 3.11. The summed E-state index contributed by atoms with van der Waals surface area (Å²) in [6.45, 7) is 1.05. The number of hydrogen-bond acceptors (Lipinski definition) is 1. The first-order valence-corrected chi connectivity index (χ1v) is 6.30. The third-order valence-electron chi connectivity index (χ3n) is 4.00. The molecule has 5 heteroatoms. The van der Waals surface area contributed by atoms with Gasteiger partial charge in [0, 0.05) is 13.1 Å². The smallest absolute Gasteiger partial charge is 0.342 e. The van der Waals surface area contributed by atoms with Crippen LogP contribution in [0.2, 0.25) is 0 Å². The Morgan fingerprint density at radius 1 is 1.12 bits per heavy atom. The van der Waals surface area contributed by atoms with Crippen molar-refractivity contribution < 1.29 is 18.0 Å². The second kappa shape index (κ2) is 4.86. The van der Waals surface area contributed by atoms with Gasteiger partial charge in [-0.2, -0.15) is 13.2 Å². The van der Waals surface area contributed by atoms with Crippen LogP contribution in [0, 0.1) is 11.8 Å². The zero-order valence-electron chi connectivity index (χ0n) is 9.80. The molecular formula is C12H18F3NO. The van der Waals surface area contributed by atoms with Gasteiger partial charge in [-0.15, -0.1) is 0 Å². The van der Waals surface area contributed by atoms with Gasteiger partial charge in [-0.25, -0.2) is 0 Å². The van der Waals surface area contributed by atoms with Crippen molar-refractivity contribution in [1.29, 1.82) is 0 Å². The van der Waals surface area contributed by atoms with E-state index in [0.717, 1.165) is 19.3 Å². The number of hydrogen-bond donors (Lipinski definition) is 0. The van der Waals surface area contributed by atoms with Gasteiger partial charge in [0.1, 0.15) is 6.42 Å². The second-order valence-corrected chi connectivity index (χ2v) is 5.22. The van der Waals surface area contributed by atoms with E-state index < -0.39 is 18.5 Å². The lowest BCUT2D eigenvalue weighted by molar-refractivity contribution is -0.163. The topological polar surface area (TPSA) is 20.3 Å². The van der Waals surface area contributed by atoms with Gasteiger partial charge in [-0.1, -0.05) is 19.3 Å². The van der Waals surface area contributed by atoms with E-state index in [1.165, 1.54) is 17.7 Å². The molecule has 2 fully saturated rings. The highest BCUT2D eigenvalue weighted by Gasteiger charge is 2.37. The molecule has 17 heavy (non-hydrogen) atoms. The molecule has 1 aliphatic carbocycles. The van der Waals surface area contributed by atoms with Crippen LogP contribution in [0.3, 0.4) is 0 Å². The minimum atomic E-state index is -4.37. The first-order chi connectivity index (χ1) is 7.96. The van der Waals surface area contributed by atoms with Gasteiger partial charge in [-0.3, -0.25) is 4.79 Å². The Morgan fingerprint density at radius 2 is 1.76 bits per heavy atom. The molecule has 1 saturated heterocycles. The van der Waals surface area contributed by atoms with E-state index in [-0.39, 0.29) is 0 Å². The first-order valence-electron chi connectivity index (χ1n) is 6.30. The average Bonchev–Trinajstić information content (AvgIpc) is 2.26. The Bertz CT molecular complexity index is 290. The molecule has 0 bridgehead atoms. The van der Waals surface area contributed by atoms with Gasteiger partial charge < -0.3 is 4.90 Å². The fourth-order valence-electron chi connectivity index (χ4n) is 3.11. The summed E-state index contributed by atoms with van der Waals surface area (Å²) in [6, 6.07) is 0. The highest BCUT2D eigenvalue weighted by molar-refractivity contribution is 5.76. The van der Waals surface area contributed by atoms with Gasteiger partial charge in [0.05, 0.1) is 0 Å². The summed E-state index contributed by atoms with van der Waals surface area (Å²) in [5.74, 6) is 0.329. The number of rotatable bonds is 1. The van der Waals surface area contributed by atoms with Crippen LogP contribution < -0.4 is 0 Å². The molecular weight excluding hydrogens is 231 g/mol. The first kappa shape index (κ1) is 12.7. The lowest BCUT2D eigenvalue weighted by Gasteiger charge is -2.41. The molecule has 1 saturated carbocycles. The molecule has 2 aliphatic rings. The molecule has 1 aliphatic heterocycles. The molecule has 0 N–H and O–H groups in total. The average molecular weight is 249 g/mol. The van der Waals surface area contributed by atoms with Gasteiger partial charge in [0.15, 0.2) is 0 Å². The SMILES string of the molecule is O=C(CC(F)(F)F)N1CC[C@H]2CCCC[C@@H]2C1. The van der Waals surface area contributed by atoms with E-state index >= 15 is 0 Å². The Hall–Kier alpha value is -0.740. The van der Waals surface area contributed by atoms with Gasteiger partial charge in [0.25, 0.3) is 0 Å². The molecule has 98 valence electrons. The maximum Gasteiger partial charge on any atom is 0.397 e. The molecule has 0 unspecified atom stereocenters. The van der Waals surface area contributed by atoms with Crippen molar-refractivity contribution in [3.05, 3.63) is 0 Å². The number of nitrogens with zero attached hydrogens (tertiary/aromatic N) is 1. The minimum absolute atomic E-state index is 0.440. The molecule has 0 spiro atoms. The lowest BCUT2D eigenvalue weighted by Crippen LogP contribution is -2.45. The van der Waals surface area contributed by atoms with E-state index in [9.17, 15) is 18.0 Å². The number of halogens is 3. The van der Waals surface area contributed by atoms with Gasteiger partial charge >= 0.3 is 6.18 Å². The van der Waals surface area contributed by atoms with Crippen LogP contribution in [0.4, 0.5) is 13.2 Å². The Labute approximate surface area is 99.2 Å². The predicted molar refractivity (Wildman–Crippen MR) is 57.3 cm³/mol. The summed E-state index contributed by atoms with van der Waals surface area (Å²) < 4.78 is 36.4. The summed E-state index contributed by atoms with van der Waals surface area (Å²) in [4.78, 5) is 12.9. The Morgan fingerprint density at radius 3 is 2.41 bits per heavy atom. The van der Waals surface area contributed by atoms with Crippen molar-refractivity contribution in [1.82, 2.24) is 4.90 Å². The number of piperidine rings is 1. The minimum Gasteiger partial charge on any atom is -0.342 e. The van der Waals surface area contributed by atoms with Crippen molar-refractivity contribution in [3.63, 3.8) is 0 Å². The molecule has 2 nitrogen and oxygen atoms in total. The van der Waals surface area contributed by atoms with E-state index in [1.54, 1.807) is 0 Å². The monoisotopic (exact) mass is 249 g/mol. The molecule has 0 aromatic carbocycles. The number of fused-ring (bicyclic) bond motifs is 1. The highest BCUT2D eigenvalue weighted by atomic mass is 19.4. The Balaban J connectivity index is 1.89. The lowest BCUT2D eigenvalue weighted by atomic mass is 9.75. The third kappa shape index (κ3) is 3.36. The zero-order chi connectivity index (χ0) is 12.5. The van der Waals surface area contributed by atoms with Crippen LogP contribution in [0.5, 0.6) is 0 Å². The van der Waals surface area contributed by atoms with Crippen molar-refractivity contribution in [2.75, 3.05) is 13.1 Å². The van der Waals surface area contributed by atoms with Crippen molar-refractivity contribution in [2.24, 2.45) is 11.8 Å². The van der Waals surface area contributed by atoms with Crippen LogP contribution in [-0.2, 0) is 4.79 Å². The maximum absolute atomic E-state index is 12.1. The molecule has 2 rings (SSSR count). The van der Waals surface area contributed by atoms with Crippen molar-refractivity contribution in [3.8, 4) is 0 Å². The molecule has 0 aromatic heterocycles. The molecule has 1 amide bonds.